The lowest BCUT2D eigenvalue weighted by atomic mass is 10.2. The molecule has 0 fully saturated rings. The molecule has 1 aromatic rings. The minimum absolute atomic E-state index is 0.341. The lowest BCUT2D eigenvalue weighted by molar-refractivity contribution is -0.158. The summed E-state index contributed by atoms with van der Waals surface area (Å²) in [6, 6.07) is 7.54. The molecule has 0 aliphatic rings. The summed E-state index contributed by atoms with van der Waals surface area (Å²) in [5.74, 6) is -2.67. The SMILES string of the molecule is C=CCN(CC(F)(F)F)C(=O)CS(=O)(=O)Cc1ccc(C#N)cc1. The number of amides is 1. The Kier molecular flexibility index (Phi) is 6.54. The highest BCUT2D eigenvalue weighted by molar-refractivity contribution is 7.91. The first kappa shape index (κ1) is 19.7. The lowest BCUT2D eigenvalue weighted by Gasteiger charge is -2.22. The van der Waals surface area contributed by atoms with Crippen LogP contribution >= 0.6 is 0 Å². The molecule has 9 heteroatoms. The average Bonchev–Trinajstić information content (AvgIpc) is 2.45. The molecule has 0 saturated heterocycles. The van der Waals surface area contributed by atoms with Crippen LogP contribution in [0.15, 0.2) is 36.9 Å². The van der Waals surface area contributed by atoms with E-state index in [-0.39, 0.29) is 0 Å². The summed E-state index contributed by atoms with van der Waals surface area (Å²) in [7, 11) is -3.95. The van der Waals surface area contributed by atoms with Crippen molar-refractivity contribution in [2.45, 2.75) is 11.9 Å². The molecular formula is C15H15F3N2O3S. The number of carbonyl (C=O) groups excluding carboxylic acids is 1. The number of sulfone groups is 1. The zero-order chi connectivity index (χ0) is 18.4. The van der Waals surface area contributed by atoms with Crippen LogP contribution in [0.1, 0.15) is 11.1 Å². The maximum Gasteiger partial charge on any atom is 0.406 e. The van der Waals surface area contributed by atoms with E-state index in [4.69, 9.17) is 5.26 Å². The van der Waals surface area contributed by atoms with Crippen molar-refractivity contribution >= 4 is 15.7 Å². The second-order valence-corrected chi connectivity index (χ2v) is 7.08. The number of benzene rings is 1. The van der Waals surface area contributed by atoms with Crippen LogP contribution < -0.4 is 0 Å². The molecule has 0 unspecified atom stereocenters. The van der Waals surface area contributed by atoms with Gasteiger partial charge < -0.3 is 4.90 Å². The monoisotopic (exact) mass is 360 g/mol. The molecule has 0 spiro atoms. The Balaban J connectivity index is 2.81. The van der Waals surface area contributed by atoms with Crippen LogP contribution in [-0.4, -0.2) is 44.2 Å². The van der Waals surface area contributed by atoms with Crippen LogP contribution in [0.3, 0.4) is 0 Å². The van der Waals surface area contributed by atoms with Crippen LogP contribution in [0.25, 0.3) is 0 Å². The van der Waals surface area contributed by atoms with Crippen molar-refractivity contribution in [3.05, 3.63) is 48.0 Å². The van der Waals surface area contributed by atoms with Gasteiger partial charge in [0.1, 0.15) is 12.3 Å². The smallest absolute Gasteiger partial charge is 0.329 e. The number of hydrogen-bond acceptors (Lipinski definition) is 4. The molecule has 5 nitrogen and oxygen atoms in total. The quantitative estimate of drug-likeness (QED) is 0.697. The zero-order valence-electron chi connectivity index (χ0n) is 12.6. The summed E-state index contributed by atoms with van der Waals surface area (Å²) >= 11 is 0. The molecule has 1 amide bonds. The molecule has 0 radical (unpaired) electrons. The van der Waals surface area contributed by atoms with Gasteiger partial charge in [0.15, 0.2) is 9.84 Å². The number of carbonyl (C=O) groups is 1. The zero-order valence-corrected chi connectivity index (χ0v) is 13.4. The van der Waals surface area contributed by atoms with Gasteiger partial charge in [-0.2, -0.15) is 18.4 Å². The van der Waals surface area contributed by atoms with Crippen LogP contribution in [0, 0.1) is 11.3 Å². The van der Waals surface area contributed by atoms with Gasteiger partial charge >= 0.3 is 6.18 Å². The number of nitriles is 1. The highest BCUT2D eigenvalue weighted by Crippen LogP contribution is 2.17. The maximum atomic E-state index is 12.4. The highest BCUT2D eigenvalue weighted by atomic mass is 32.2. The van der Waals surface area contributed by atoms with Crippen molar-refractivity contribution in [2.24, 2.45) is 0 Å². The van der Waals surface area contributed by atoms with Crippen LogP contribution in [0.5, 0.6) is 0 Å². The third kappa shape index (κ3) is 6.83. The molecule has 0 aromatic heterocycles. The second kappa shape index (κ2) is 7.97. The highest BCUT2D eigenvalue weighted by Gasteiger charge is 2.33. The number of halogens is 3. The standard InChI is InChI=1S/C15H15F3N2O3S/c1-2-7-20(11-15(16,17)18)14(21)10-24(22,23)9-13-5-3-12(8-19)4-6-13/h2-6H,1,7,9-11H2. The number of alkyl halides is 3. The van der Waals surface area contributed by atoms with E-state index in [0.717, 1.165) is 6.08 Å². The molecular weight excluding hydrogens is 345 g/mol. The predicted octanol–water partition coefficient (Wildman–Crippen LogP) is 2.05. The molecule has 130 valence electrons. The normalized spacial score (nSPS) is 11.6. The fourth-order valence-corrected chi connectivity index (χ4v) is 3.25. The van der Waals surface area contributed by atoms with Gasteiger partial charge in [-0.1, -0.05) is 18.2 Å². The number of nitrogens with zero attached hydrogens (tertiary/aromatic N) is 2. The van der Waals surface area contributed by atoms with E-state index in [1.807, 2.05) is 6.07 Å². The molecule has 0 aliphatic heterocycles. The average molecular weight is 360 g/mol. The van der Waals surface area contributed by atoms with Crippen molar-refractivity contribution in [1.29, 1.82) is 5.26 Å². The fraction of sp³-hybridized carbons (Fsp3) is 0.333. The van der Waals surface area contributed by atoms with Crippen LogP contribution in [-0.2, 0) is 20.4 Å². The lowest BCUT2D eigenvalue weighted by Crippen LogP contribution is -2.42. The Morgan fingerprint density at radius 1 is 1.29 bits per heavy atom. The summed E-state index contributed by atoms with van der Waals surface area (Å²) < 4.78 is 61.3. The molecule has 0 atom stereocenters. The first-order valence-corrected chi connectivity index (χ1v) is 8.53. The van der Waals surface area contributed by atoms with E-state index >= 15 is 0 Å². The largest absolute Gasteiger partial charge is 0.406 e. The summed E-state index contributed by atoms with van der Waals surface area (Å²) in [5.41, 5.74) is 0.683. The Hall–Kier alpha value is -2.34. The van der Waals surface area contributed by atoms with Gasteiger partial charge in [-0.15, -0.1) is 6.58 Å². The third-order valence-corrected chi connectivity index (χ3v) is 4.35. The molecule has 1 aromatic carbocycles. The van der Waals surface area contributed by atoms with Gasteiger partial charge in [0.25, 0.3) is 0 Å². The van der Waals surface area contributed by atoms with Crippen molar-refractivity contribution in [1.82, 2.24) is 4.90 Å². The van der Waals surface area contributed by atoms with Gasteiger partial charge in [-0.25, -0.2) is 8.42 Å². The fourth-order valence-electron chi connectivity index (χ4n) is 1.89. The third-order valence-electron chi connectivity index (χ3n) is 2.89. The first-order valence-electron chi connectivity index (χ1n) is 6.71. The van der Waals surface area contributed by atoms with Gasteiger partial charge in [-0.05, 0) is 17.7 Å². The van der Waals surface area contributed by atoms with E-state index < -0.39 is 46.5 Å². The van der Waals surface area contributed by atoms with Crippen LogP contribution in [0.2, 0.25) is 0 Å². The van der Waals surface area contributed by atoms with Gasteiger partial charge in [0, 0.05) is 6.54 Å². The number of rotatable bonds is 7. The molecule has 0 bridgehead atoms. The van der Waals surface area contributed by atoms with E-state index in [2.05, 4.69) is 6.58 Å². The van der Waals surface area contributed by atoms with Crippen LogP contribution in [0.4, 0.5) is 13.2 Å². The molecule has 0 saturated carbocycles. The molecule has 0 aliphatic carbocycles. The van der Waals surface area contributed by atoms with E-state index in [1.54, 1.807) is 0 Å². The Morgan fingerprint density at radius 3 is 2.33 bits per heavy atom. The summed E-state index contributed by atoms with van der Waals surface area (Å²) in [4.78, 5) is 12.3. The van der Waals surface area contributed by atoms with E-state index in [1.165, 1.54) is 24.3 Å². The van der Waals surface area contributed by atoms with Gasteiger partial charge in [0.05, 0.1) is 17.4 Å². The minimum Gasteiger partial charge on any atom is -0.329 e. The molecule has 1 rings (SSSR count). The van der Waals surface area contributed by atoms with Crippen molar-refractivity contribution < 1.29 is 26.4 Å². The van der Waals surface area contributed by atoms with E-state index in [9.17, 15) is 26.4 Å². The minimum atomic E-state index is -4.63. The maximum absolute atomic E-state index is 12.4. The summed E-state index contributed by atoms with van der Waals surface area (Å²) in [6.45, 7) is 1.32. The second-order valence-electron chi connectivity index (χ2n) is 5.02. The Bertz CT molecular complexity index is 735. The predicted molar refractivity (Wildman–Crippen MR) is 81.5 cm³/mol. The first-order chi connectivity index (χ1) is 11.1. The topological polar surface area (TPSA) is 78.2 Å². The Labute approximate surface area is 137 Å². The Morgan fingerprint density at radius 2 is 1.88 bits per heavy atom. The van der Waals surface area contributed by atoms with Crippen molar-refractivity contribution in [2.75, 3.05) is 18.8 Å². The van der Waals surface area contributed by atoms with E-state index in [0.29, 0.717) is 16.0 Å². The molecule has 0 heterocycles. The van der Waals surface area contributed by atoms with Gasteiger partial charge in [0.2, 0.25) is 5.91 Å². The number of hydrogen-bond donors (Lipinski definition) is 0. The van der Waals surface area contributed by atoms with Crippen molar-refractivity contribution in [3.8, 4) is 6.07 Å². The molecule has 0 N–H and O–H groups in total. The summed E-state index contributed by atoms with van der Waals surface area (Å²) in [5, 5.41) is 8.67. The van der Waals surface area contributed by atoms with Crippen molar-refractivity contribution in [3.63, 3.8) is 0 Å². The van der Waals surface area contributed by atoms with Gasteiger partial charge in [-0.3, -0.25) is 4.79 Å². The molecule has 24 heavy (non-hydrogen) atoms. The summed E-state index contributed by atoms with van der Waals surface area (Å²) in [6.07, 6.45) is -3.54.